The molecule has 1 aromatic rings. The van der Waals surface area contributed by atoms with E-state index >= 15 is 0 Å². The van der Waals surface area contributed by atoms with Gasteiger partial charge in [0.1, 0.15) is 0 Å². The Morgan fingerprint density at radius 2 is 1.76 bits per heavy atom. The molecule has 3 rings (SSSR count). The summed E-state index contributed by atoms with van der Waals surface area (Å²) < 4.78 is 38.8. The van der Waals surface area contributed by atoms with Crippen LogP contribution in [0.2, 0.25) is 0 Å². The molecule has 162 valence electrons. The molecular formula is C22H32F3N3O. The van der Waals surface area contributed by atoms with Crippen LogP contribution in [0, 0.1) is 0 Å². The van der Waals surface area contributed by atoms with Crippen LogP contribution >= 0.6 is 0 Å². The fourth-order valence-corrected chi connectivity index (χ4v) is 4.35. The molecule has 0 spiro atoms. The van der Waals surface area contributed by atoms with Crippen molar-refractivity contribution in [2.24, 2.45) is 0 Å². The summed E-state index contributed by atoms with van der Waals surface area (Å²) >= 11 is 0. The van der Waals surface area contributed by atoms with Gasteiger partial charge in [-0.05, 0) is 50.9 Å². The Kier molecular flexibility index (Phi) is 7.57. The lowest BCUT2D eigenvalue weighted by molar-refractivity contribution is -0.137. The van der Waals surface area contributed by atoms with E-state index in [1.807, 2.05) is 11.8 Å². The second-order valence-electron chi connectivity index (χ2n) is 8.32. The maximum atomic E-state index is 12.9. The molecule has 2 aliphatic rings. The molecule has 7 heteroatoms. The van der Waals surface area contributed by atoms with Crippen molar-refractivity contribution in [1.82, 2.24) is 14.7 Å². The summed E-state index contributed by atoms with van der Waals surface area (Å²) in [4.78, 5) is 19.2. The summed E-state index contributed by atoms with van der Waals surface area (Å²) in [6, 6.07) is 5.66. The molecule has 0 aromatic heterocycles. The van der Waals surface area contributed by atoms with Crippen molar-refractivity contribution in [3.8, 4) is 0 Å². The summed E-state index contributed by atoms with van der Waals surface area (Å²) in [5, 5.41) is 0. The molecule has 1 unspecified atom stereocenters. The van der Waals surface area contributed by atoms with Gasteiger partial charge >= 0.3 is 6.18 Å². The lowest BCUT2D eigenvalue weighted by Gasteiger charge is -2.30. The molecule has 0 radical (unpaired) electrons. The summed E-state index contributed by atoms with van der Waals surface area (Å²) in [6.45, 7) is 8.13. The first-order chi connectivity index (χ1) is 13.8. The Bertz CT molecular complexity index is 674. The number of alkyl halides is 3. The van der Waals surface area contributed by atoms with Gasteiger partial charge in [0.2, 0.25) is 5.91 Å². The highest BCUT2D eigenvalue weighted by atomic mass is 19.4. The highest BCUT2D eigenvalue weighted by molar-refractivity contribution is 5.76. The van der Waals surface area contributed by atoms with E-state index in [4.69, 9.17) is 0 Å². The molecule has 0 saturated carbocycles. The highest BCUT2D eigenvalue weighted by Gasteiger charge is 2.31. The van der Waals surface area contributed by atoms with Gasteiger partial charge in [-0.25, -0.2) is 0 Å². The van der Waals surface area contributed by atoms with E-state index in [1.54, 1.807) is 6.07 Å². The molecule has 2 aliphatic heterocycles. The van der Waals surface area contributed by atoms with E-state index in [-0.39, 0.29) is 11.9 Å². The van der Waals surface area contributed by atoms with Crippen molar-refractivity contribution in [2.75, 3.05) is 45.8 Å². The van der Waals surface area contributed by atoms with Crippen LogP contribution in [-0.4, -0.2) is 72.5 Å². The van der Waals surface area contributed by atoms with Crippen molar-refractivity contribution in [3.05, 3.63) is 35.4 Å². The fourth-order valence-electron chi connectivity index (χ4n) is 4.35. The van der Waals surface area contributed by atoms with Crippen LogP contribution in [0.1, 0.15) is 43.7 Å². The number of hydrogen-bond acceptors (Lipinski definition) is 3. The standard InChI is InChI=1S/C22H32F3N3O/c1-18(16-19-6-5-7-20(17-19)22(23,24)25)27-11-8-21(29)28(15-14-27)13-12-26-9-3-2-4-10-26/h5-7,17-18H,2-4,8-16H2,1H3. The zero-order chi connectivity index (χ0) is 20.9. The van der Waals surface area contributed by atoms with E-state index in [1.165, 1.54) is 31.4 Å². The SMILES string of the molecule is CC(Cc1cccc(C(F)(F)F)c1)N1CCC(=O)N(CCN2CCCCC2)CC1. The van der Waals surface area contributed by atoms with Gasteiger partial charge in [-0.2, -0.15) is 13.2 Å². The Balaban J connectivity index is 1.52. The Morgan fingerprint density at radius 1 is 1.00 bits per heavy atom. The minimum absolute atomic E-state index is 0.0910. The van der Waals surface area contributed by atoms with Gasteiger partial charge in [-0.3, -0.25) is 9.69 Å². The number of likely N-dealkylation sites (tertiary alicyclic amines) is 1. The quantitative estimate of drug-likeness (QED) is 0.715. The van der Waals surface area contributed by atoms with Crippen molar-refractivity contribution in [1.29, 1.82) is 0 Å². The molecule has 0 aliphatic carbocycles. The van der Waals surface area contributed by atoms with Crippen molar-refractivity contribution in [3.63, 3.8) is 0 Å². The number of carbonyl (C=O) groups is 1. The van der Waals surface area contributed by atoms with Crippen LogP contribution in [0.3, 0.4) is 0 Å². The third-order valence-electron chi connectivity index (χ3n) is 6.17. The Labute approximate surface area is 171 Å². The Morgan fingerprint density at radius 3 is 2.48 bits per heavy atom. The summed E-state index contributed by atoms with van der Waals surface area (Å²) in [7, 11) is 0. The van der Waals surface area contributed by atoms with E-state index in [9.17, 15) is 18.0 Å². The van der Waals surface area contributed by atoms with Gasteiger partial charge < -0.3 is 9.80 Å². The van der Waals surface area contributed by atoms with E-state index < -0.39 is 11.7 Å². The molecule has 4 nitrogen and oxygen atoms in total. The van der Waals surface area contributed by atoms with Crippen LogP contribution in [-0.2, 0) is 17.4 Å². The lowest BCUT2D eigenvalue weighted by atomic mass is 10.0. The van der Waals surface area contributed by atoms with Gasteiger partial charge in [0.25, 0.3) is 0 Å². The fraction of sp³-hybridized carbons (Fsp3) is 0.682. The summed E-state index contributed by atoms with van der Waals surface area (Å²) in [5.74, 6) is 0.191. The number of nitrogens with zero attached hydrogens (tertiary/aromatic N) is 3. The van der Waals surface area contributed by atoms with Gasteiger partial charge in [-0.15, -0.1) is 0 Å². The number of benzene rings is 1. The van der Waals surface area contributed by atoms with Crippen LogP contribution in [0.5, 0.6) is 0 Å². The van der Waals surface area contributed by atoms with Crippen molar-refractivity contribution < 1.29 is 18.0 Å². The Hall–Kier alpha value is -1.60. The average molecular weight is 412 g/mol. The van der Waals surface area contributed by atoms with Crippen LogP contribution in [0.25, 0.3) is 0 Å². The molecule has 1 amide bonds. The van der Waals surface area contributed by atoms with Gasteiger partial charge in [0.05, 0.1) is 5.56 Å². The summed E-state index contributed by atoms with van der Waals surface area (Å²) in [6.07, 6.45) is 0.503. The normalized spacial score (nSPS) is 21.2. The minimum Gasteiger partial charge on any atom is -0.340 e. The predicted molar refractivity (Wildman–Crippen MR) is 108 cm³/mol. The van der Waals surface area contributed by atoms with Crippen molar-refractivity contribution >= 4 is 5.91 Å². The maximum Gasteiger partial charge on any atom is 0.416 e. The molecular weight excluding hydrogens is 379 g/mol. The highest BCUT2D eigenvalue weighted by Crippen LogP contribution is 2.30. The number of rotatable bonds is 6. The van der Waals surface area contributed by atoms with Gasteiger partial charge in [0.15, 0.2) is 0 Å². The zero-order valence-electron chi connectivity index (χ0n) is 17.3. The molecule has 1 atom stereocenters. The van der Waals surface area contributed by atoms with E-state index in [2.05, 4.69) is 9.80 Å². The number of amides is 1. The second kappa shape index (κ2) is 9.94. The van der Waals surface area contributed by atoms with E-state index in [0.29, 0.717) is 31.5 Å². The van der Waals surface area contributed by atoms with Crippen LogP contribution in [0.4, 0.5) is 13.2 Å². The van der Waals surface area contributed by atoms with Gasteiger partial charge in [0, 0.05) is 45.2 Å². The molecule has 2 heterocycles. The smallest absolute Gasteiger partial charge is 0.340 e. The average Bonchev–Trinajstić information content (AvgIpc) is 2.88. The van der Waals surface area contributed by atoms with Crippen molar-refractivity contribution in [2.45, 2.75) is 51.2 Å². The number of halogens is 3. The largest absolute Gasteiger partial charge is 0.416 e. The minimum atomic E-state index is -4.32. The first kappa shape index (κ1) is 22.1. The number of hydrogen-bond donors (Lipinski definition) is 0. The van der Waals surface area contributed by atoms with Crippen LogP contribution in [0.15, 0.2) is 24.3 Å². The molecule has 1 aromatic carbocycles. The molecule has 0 bridgehead atoms. The molecule has 29 heavy (non-hydrogen) atoms. The third-order valence-corrected chi connectivity index (χ3v) is 6.17. The predicted octanol–water partition coefficient (Wildman–Crippen LogP) is 3.66. The third kappa shape index (κ3) is 6.44. The molecule has 0 N–H and O–H groups in total. The first-order valence-electron chi connectivity index (χ1n) is 10.7. The zero-order valence-corrected chi connectivity index (χ0v) is 17.3. The lowest BCUT2D eigenvalue weighted by Crippen LogP contribution is -2.42. The first-order valence-corrected chi connectivity index (χ1v) is 10.7. The summed E-state index contributed by atoms with van der Waals surface area (Å²) in [5.41, 5.74) is 0.0852. The number of carbonyl (C=O) groups excluding carboxylic acids is 1. The molecule has 2 fully saturated rings. The topological polar surface area (TPSA) is 26.8 Å². The maximum absolute atomic E-state index is 12.9. The number of piperidine rings is 1. The second-order valence-corrected chi connectivity index (χ2v) is 8.32. The molecule has 2 saturated heterocycles. The van der Waals surface area contributed by atoms with Gasteiger partial charge in [-0.1, -0.05) is 24.6 Å². The monoisotopic (exact) mass is 411 g/mol. The van der Waals surface area contributed by atoms with E-state index in [0.717, 1.165) is 38.8 Å². The van der Waals surface area contributed by atoms with Crippen LogP contribution < -0.4 is 0 Å².